The molecule has 1 fully saturated rings. The Morgan fingerprint density at radius 2 is 2.31 bits per heavy atom. The summed E-state index contributed by atoms with van der Waals surface area (Å²) >= 11 is 1.27. The van der Waals surface area contributed by atoms with Gasteiger partial charge in [-0.15, -0.1) is 11.3 Å². The first-order valence-corrected chi connectivity index (χ1v) is 10.4. The molecule has 0 spiro atoms. The van der Waals surface area contributed by atoms with E-state index >= 15 is 4.39 Å². The van der Waals surface area contributed by atoms with Crippen LogP contribution in [0.3, 0.4) is 0 Å². The lowest BCUT2D eigenvalue weighted by molar-refractivity contribution is 0.0527. The van der Waals surface area contributed by atoms with Crippen LogP contribution in [-0.2, 0) is 16.1 Å². The monoisotopic (exact) mass is 417 g/mol. The topological polar surface area (TPSA) is 86.3 Å². The Labute approximate surface area is 169 Å². The Kier molecular flexibility index (Phi) is 4.34. The van der Waals surface area contributed by atoms with Crippen molar-refractivity contribution in [2.24, 2.45) is 5.73 Å². The van der Waals surface area contributed by atoms with Crippen LogP contribution in [0.4, 0.5) is 10.1 Å². The molecule has 2 aliphatic heterocycles. The summed E-state index contributed by atoms with van der Waals surface area (Å²) in [6, 6.07) is 1.04. The minimum Gasteiger partial charge on any atom is -0.462 e. The molecule has 3 aromatic rings. The van der Waals surface area contributed by atoms with Crippen molar-refractivity contribution in [3.63, 3.8) is 0 Å². The average Bonchev–Trinajstić information content (AvgIpc) is 3.24. The van der Waals surface area contributed by atoms with Crippen LogP contribution < -0.4 is 16.1 Å². The van der Waals surface area contributed by atoms with Crippen LogP contribution in [0.1, 0.15) is 29.3 Å². The molecular formula is C20H20FN3O4S. The van der Waals surface area contributed by atoms with Crippen LogP contribution in [0.5, 0.6) is 0 Å². The molecule has 5 rings (SSSR count). The van der Waals surface area contributed by atoms with E-state index in [4.69, 9.17) is 15.2 Å². The molecule has 1 aromatic carbocycles. The molecule has 2 atom stereocenters. The third-order valence-corrected chi connectivity index (χ3v) is 6.64. The molecule has 0 radical (unpaired) electrons. The third-order valence-electron chi connectivity index (χ3n) is 5.76. The highest BCUT2D eigenvalue weighted by atomic mass is 32.1. The van der Waals surface area contributed by atoms with Crippen molar-refractivity contribution in [3.8, 4) is 0 Å². The fraction of sp³-hybridized carbons (Fsp3) is 0.400. The third kappa shape index (κ3) is 2.61. The van der Waals surface area contributed by atoms with Crippen molar-refractivity contribution in [2.45, 2.75) is 32.0 Å². The van der Waals surface area contributed by atoms with Gasteiger partial charge in [0, 0.05) is 29.7 Å². The number of esters is 1. The highest BCUT2D eigenvalue weighted by Crippen LogP contribution is 2.38. The normalized spacial score (nSPS) is 21.3. The largest absolute Gasteiger partial charge is 0.462 e. The molecule has 29 heavy (non-hydrogen) atoms. The van der Waals surface area contributed by atoms with E-state index in [0.29, 0.717) is 34.7 Å². The van der Waals surface area contributed by atoms with E-state index in [-0.39, 0.29) is 36.2 Å². The van der Waals surface area contributed by atoms with Gasteiger partial charge in [-0.25, -0.2) is 9.18 Å². The minimum atomic E-state index is -0.698. The maximum atomic E-state index is 15.3. The molecule has 0 unspecified atom stereocenters. The Bertz CT molecular complexity index is 1200. The van der Waals surface area contributed by atoms with E-state index < -0.39 is 17.2 Å². The molecule has 4 heterocycles. The molecule has 0 aliphatic carbocycles. The Morgan fingerprint density at radius 3 is 3.10 bits per heavy atom. The average molecular weight is 417 g/mol. The molecule has 2 N–H and O–H groups in total. The molecule has 0 amide bonds. The number of rotatable bonds is 2. The SMILES string of the molecule is CCOC(=O)c1c(=O)c2cc(F)c3c(c2n2ccsc12)COC[C@@H]1[C@H](N)CCN31. The Hall–Kier alpha value is -2.49. The molecule has 9 heteroatoms. The van der Waals surface area contributed by atoms with Crippen LogP contribution in [0.2, 0.25) is 0 Å². The number of carbonyl (C=O) groups is 1. The maximum absolute atomic E-state index is 15.3. The number of pyridine rings is 1. The standard InChI is InChI=1S/C20H20FN3O4S/c1-2-28-20(26)15-18(25)10-7-12(21)17-11(16(10)24-5-6-29-19(15)24)8-27-9-14-13(22)3-4-23(14)17/h5-7,13-14H,2-4,8-9,22H2,1H3/t13-,14-/m1/s1. The summed E-state index contributed by atoms with van der Waals surface area (Å²) in [5.74, 6) is -1.20. The van der Waals surface area contributed by atoms with Gasteiger partial charge in [0.05, 0.1) is 42.5 Å². The lowest BCUT2D eigenvalue weighted by Crippen LogP contribution is -2.42. The molecular weight excluding hydrogens is 397 g/mol. The molecule has 2 aliphatic rings. The summed E-state index contributed by atoms with van der Waals surface area (Å²) in [7, 11) is 0. The number of benzene rings is 1. The second-order valence-electron chi connectivity index (χ2n) is 7.31. The number of fused-ring (bicyclic) bond motifs is 7. The van der Waals surface area contributed by atoms with Gasteiger partial charge in [-0.3, -0.25) is 4.79 Å². The number of anilines is 1. The van der Waals surface area contributed by atoms with Crippen LogP contribution in [0.15, 0.2) is 22.4 Å². The van der Waals surface area contributed by atoms with E-state index in [1.807, 2.05) is 4.90 Å². The fourth-order valence-electron chi connectivity index (χ4n) is 4.48. The number of aromatic nitrogens is 1. The molecule has 152 valence electrons. The predicted molar refractivity (Wildman–Crippen MR) is 108 cm³/mol. The Balaban J connectivity index is 1.87. The van der Waals surface area contributed by atoms with Crippen LogP contribution in [0.25, 0.3) is 15.7 Å². The highest BCUT2D eigenvalue weighted by molar-refractivity contribution is 7.16. The number of hydrogen-bond donors (Lipinski definition) is 1. The van der Waals surface area contributed by atoms with Crippen molar-refractivity contribution in [1.82, 2.24) is 4.40 Å². The zero-order chi connectivity index (χ0) is 20.3. The summed E-state index contributed by atoms with van der Waals surface area (Å²) in [6.45, 7) is 3.03. The summed E-state index contributed by atoms with van der Waals surface area (Å²) in [5, 5.41) is 1.93. The van der Waals surface area contributed by atoms with E-state index in [0.717, 1.165) is 6.42 Å². The first kappa shape index (κ1) is 18.5. The van der Waals surface area contributed by atoms with E-state index in [2.05, 4.69) is 0 Å². The molecule has 7 nitrogen and oxygen atoms in total. The lowest BCUT2D eigenvalue weighted by atomic mass is 10.0. The smallest absolute Gasteiger partial charge is 0.345 e. The summed E-state index contributed by atoms with van der Waals surface area (Å²) in [4.78, 5) is 28.1. The van der Waals surface area contributed by atoms with Crippen molar-refractivity contribution in [2.75, 3.05) is 24.7 Å². The van der Waals surface area contributed by atoms with Crippen molar-refractivity contribution >= 4 is 38.7 Å². The number of nitrogens with two attached hydrogens (primary N) is 1. The summed E-state index contributed by atoms with van der Waals surface area (Å²) < 4.78 is 28.0. The lowest BCUT2D eigenvalue weighted by Gasteiger charge is -2.27. The van der Waals surface area contributed by atoms with Gasteiger partial charge in [-0.05, 0) is 19.4 Å². The van der Waals surface area contributed by atoms with E-state index in [1.54, 1.807) is 22.9 Å². The molecule has 0 bridgehead atoms. The highest BCUT2D eigenvalue weighted by Gasteiger charge is 2.38. The second kappa shape index (κ2) is 6.79. The van der Waals surface area contributed by atoms with Gasteiger partial charge in [-0.1, -0.05) is 0 Å². The van der Waals surface area contributed by atoms with Crippen molar-refractivity contribution in [3.05, 3.63) is 44.8 Å². The van der Waals surface area contributed by atoms with Gasteiger partial charge in [-0.2, -0.15) is 0 Å². The van der Waals surface area contributed by atoms with E-state index in [1.165, 1.54) is 17.4 Å². The summed E-state index contributed by atoms with van der Waals surface area (Å²) in [5.41, 5.74) is 7.23. The fourth-order valence-corrected chi connectivity index (χ4v) is 5.35. The summed E-state index contributed by atoms with van der Waals surface area (Å²) in [6.07, 6.45) is 2.53. The van der Waals surface area contributed by atoms with Gasteiger partial charge >= 0.3 is 5.97 Å². The maximum Gasteiger partial charge on any atom is 0.345 e. The quantitative estimate of drug-likeness (QED) is 0.644. The zero-order valence-corrected chi connectivity index (χ0v) is 16.6. The minimum absolute atomic E-state index is 0.0655. The van der Waals surface area contributed by atoms with Gasteiger partial charge in [0.25, 0.3) is 0 Å². The first-order chi connectivity index (χ1) is 14.0. The van der Waals surface area contributed by atoms with Gasteiger partial charge in [0.1, 0.15) is 16.2 Å². The zero-order valence-electron chi connectivity index (χ0n) is 15.8. The number of halogens is 1. The Morgan fingerprint density at radius 1 is 1.48 bits per heavy atom. The number of hydrogen-bond acceptors (Lipinski definition) is 7. The van der Waals surface area contributed by atoms with Crippen molar-refractivity contribution < 1.29 is 18.7 Å². The van der Waals surface area contributed by atoms with Crippen LogP contribution in [-0.4, -0.2) is 42.2 Å². The first-order valence-electron chi connectivity index (χ1n) is 9.57. The molecule has 1 saturated heterocycles. The van der Waals surface area contributed by atoms with Crippen molar-refractivity contribution in [1.29, 1.82) is 0 Å². The van der Waals surface area contributed by atoms with Gasteiger partial charge < -0.3 is 24.5 Å². The second-order valence-corrected chi connectivity index (χ2v) is 8.21. The van der Waals surface area contributed by atoms with Gasteiger partial charge in [0.2, 0.25) is 5.43 Å². The van der Waals surface area contributed by atoms with Crippen LogP contribution >= 0.6 is 11.3 Å². The number of thiazole rings is 1. The number of carbonyl (C=O) groups excluding carboxylic acids is 1. The number of ether oxygens (including phenoxy) is 2. The molecule has 0 saturated carbocycles. The number of nitrogens with zero attached hydrogens (tertiary/aromatic N) is 2. The van der Waals surface area contributed by atoms with Crippen LogP contribution in [0, 0.1) is 5.82 Å². The van der Waals surface area contributed by atoms with E-state index in [9.17, 15) is 9.59 Å². The van der Waals surface area contributed by atoms with Gasteiger partial charge in [0.15, 0.2) is 0 Å². The predicted octanol–water partition coefficient (Wildman–Crippen LogP) is 2.27. The molecule has 2 aromatic heterocycles.